The summed E-state index contributed by atoms with van der Waals surface area (Å²) in [4.78, 5) is 37.2. The molecule has 0 aromatic heterocycles. The summed E-state index contributed by atoms with van der Waals surface area (Å²) in [6.07, 6.45) is 3.95. The third-order valence-electron chi connectivity index (χ3n) is 8.73. The molecule has 0 aliphatic carbocycles. The number of anilines is 1. The molecule has 0 unspecified atom stereocenters. The van der Waals surface area contributed by atoms with Crippen molar-refractivity contribution in [3.8, 4) is 11.5 Å². The minimum atomic E-state index is -1.28. The number of rotatable bonds is 11. The maximum absolute atomic E-state index is 11.6. The van der Waals surface area contributed by atoms with Crippen molar-refractivity contribution in [2.24, 2.45) is 0 Å². The van der Waals surface area contributed by atoms with E-state index in [2.05, 4.69) is 30.1 Å². The second-order valence-corrected chi connectivity index (χ2v) is 12.0. The summed E-state index contributed by atoms with van der Waals surface area (Å²) in [7, 11) is 0. The maximum Gasteiger partial charge on any atom is 0.339 e. The summed E-state index contributed by atoms with van der Waals surface area (Å²) in [5, 5.41) is 45.7. The van der Waals surface area contributed by atoms with Crippen LogP contribution >= 0.6 is 0 Å². The third kappa shape index (κ3) is 7.26. The molecule has 1 amide bonds. The molecular weight excluding hydrogens is 608 g/mol. The molecule has 48 heavy (non-hydrogen) atoms. The zero-order chi connectivity index (χ0) is 34.4. The van der Waals surface area contributed by atoms with Gasteiger partial charge in [0.15, 0.2) is 0 Å². The Morgan fingerprint density at radius 3 is 1.75 bits per heavy atom. The van der Waals surface area contributed by atoms with Crippen molar-refractivity contribution in [3.63, 3.8) is 0 Å². The molecule has 5 N–H and O–H groups in total. The first-order valence-electron chi connectivity index (χ1n) is 16.2. The molecule has 0 saturated heterocycles. The second kappa shape index (κ2) is 15.0. The van der Waals surface area contributed by atoms with Gasteiger partial charge in [-0.3, -0.25) is 4.79 Å². The molecule has 0 atom stereocenters. The van der Waals surface area contributed by atoms with Crippen LogP contribution in [0.3, 0.4) is 0 Å². The van der Waals surface area contributed by atoms with Gasteiger partial charge in [0.2, 0.25) is 5.91 Å². The molecule has 1 aliphatic rings. The number of carbonyl (C=O) groups is 3. The number of amides is 1. The van der Waals surface area contributed by atoms with Crippen LogP contribution in [0.4, 0.5) is 5.69 Å². The number of nitrogens with one attached hydrogen (secondary N) is 1. The number of hydrogen-bond acceptors (Lipinski definition) is 6. The van der Waals surface area contributed by atoms with Gasteiger partial charge in [-0.2, -0.15) is 0 Å². The first-order chi connectivity index (χ1) is 23.1. The average Bonchev–Trinajstić information content (AvgIpc) is 3.46. The van der Waals surface area contributed by atoms with Crippen molar-refractivity contribution in [1.82, 2.24) is 4.90 Å². The minimum absolute atomic E-state index is 0.0407. The van der Waals surface area contributed by atoms with Crippen molar-refractivity contribution < 1.29 is 34.8 Å². The summed E-state index contributed by atoms with van der Waals surface area (Å²) < 4.78 is 0. The fourth-order valence-electron chi connectivity index (χ4n) is 6.48. The first kappa shape index (κ1) is 33.9. The van der Waals surface area contributed by atoms with Gasteiger partial charge in [0, 0.05) is 29.8 Å². The van der Waals surface area contributed by atoms with Crippen LogP contribution in [-0.2, 0) is 24.1 Å². The smallest absolute Gasteiger partial charge is 0.339 e. The van der Waals surface area contributed by atoms with Gasteiger partial charge in [0.05, 0.1) is 6.42 Å². The maximum atomic E-state index is 11.6. The van der Waals surface area contributed by atoms with Crippen LogP contribution < -0.4 is 5.32 Å². The van der Waals surface area contributed by atoms with E-state index < -0.39 is 23.4 Å². The summed E-state index contributed by atoms with van der Waals surface area (Å²) >= 11 is 0. The zero-order valence-electron chi connectivity index (χ0n) is 27.1. The Hall–Kier alpha value is -5.41. The van der Waals surface area contributed by atoms with Crippen molar-refractivity contribution in [3.05, 3.63) is 112 Å². The highest BCUT2D eigenvalue weighted by atomic mass is 16.4. The number of aromatic carboxylic acids is 2. The molecule has 0 fully saturated rings. The predicted molar refractivity (Wildman–Crippen MR) is 187 cm³/mol. The first-order valence-corrected chi connectivity index (χ1v) is 16.2. The van der Waals surface area contributed by atoms with Gasteiger partial charge in [0.25, 0.3) is 0 Å². The Labute approximate surface area is 279 Å². The van der Waals surface area contributed by atoms with E-state index in [1.165, 1.54) is 49.2 Å². The molecule has 0 saturated carbocycles. The number of hydrogen-bond donors (Lipinski definition) is 5. The number of nitrogens with zero attached hydrogens (tertiary/aromatic N) is 1. The van der Waals surface area contributed by atoms with Gasteiger partial charge in [-0.05, 0) is 83.2 Å². The van der Waals surface area contributed by atoms with Gasteiger partial charge in [-0.1, -0.05) is 74.5 Å². The molecule has 1 aliphatic heterocycles. The van der Waals surface area contributed by atoms with Crippen molar-refractivity contribution >= 4 is 45.1 Å². The zero-order valence-corrected chi connectivity index (χ0v) is 27.1. The van der Waals surface area contributed by atoms with E-state index in [1.807, 2.05) is 12.1 Å². The Morgan fingerprint density at radius 2 is 1.25 bits per heavy atom. The Kier molecular flexibility index (Phi) is 10.6. The highest BCUT2D eigenvalue weighted by Gasteiger charge is 2.23. The Bertz CT molecular complexity index is 1900. The molecular formula is C39H40N2O7. The molecule has 0 radical (unpaired) electrons. The third-order valence-corrected chi connectivity index (χ3v) is 8.73. The van der Waals surface area contributed by atoms with E-state index in [4.69, 9.17) is 0 Å². The molecule has 248 valence electrons. The van der Waals surface area contributed by atoms with Crippen LogP contribution in [0.5, 0.6) is 11.5 Å². The van der Waals surface area contributed by atoms with E-state index in [0.717, 1.165) is 18.7 Å². The van der Waals surface area contributed by atoms with Crippen LogP contribution in [-0.4, -0.2) is 62.8 Å². The lowest BCUT2D eigenvalue weighted by Gasteiger charge is -2.21. The van der Waals surface area contributed by atoms with Crippen molar-refractivity contribution in [1.29, 1.82) is 0 Å². The van der Waals surface area contributed by atoms with Crippen LogP contribution in [0, 0.1) is 0 Å². The Morgan fingerprint density at radius 1 is 0.729 bits per heavy atom. The van der Waals surface area contributed by atoms with E-state index in [1.54, 1.807) is 48.5 Å². The number of carboxylic acid groups (broad SMARTS) is 2. The molecule has 1 heterocycles. The predicted octanol–water partition coefficient (Wildman–Crippen LogP) is 7.24. The lowest BCUT2D eigenvalue weighted by Crippen LogP contribution is -2.28. The van der Waals surface area contributed by atoms with Crippen molar-refractivity contribution in [2.45, 2.75) is 46.0 Å². The van der Waals surface area contributed by atoms with E-state index in [9.17, 15) is 34.8 Å². The summed E-state index contributed by atoms with van der Waals surface area (Å²) in [6.45, 7) is 7.88. The lowest BCUT2D eigenvalue weighted by atomic mass is 9.90. The number of carbonyl (C=O) groups excluding carboxylic acids is 1. The second-order valence-electron chi connectivity index (χ2n) is 12.0. The Balaban J connectivity index is 0.000000206. The molecule has 9 heteroatoms. The molecule has 9 nitrogen and oxygen atoms in total. The van der Waals surface area contributed by atoms with Crippen LogP contribution in [0.25, 0.3) is 21.5 Å². The minimum Gasteiger partial charge on any atom is -0.507 e. The molecule has 6 rings (SSSR count). The standard InChI is InChI=1S/C23H16O6.C16H24N2O/c24-20-16(14-7-3-1-5-12(14)9-18(20)22(26)27)11-17-15-8-4-2-6-13(15)10-19(21(17)25)23(28)29;1-3-9-18(10-4-2)11-8-13-6-5-7-15-14(13)12-16(19)17-15/h1-10,24-25H,11H2,(H,26,27)(H,28,29);5-7H,3-4,8-12H2,1-2H3,(H,17,19). The monoisotopic (exact) mass is 648 g/mol. The van der Waals surface area contributed by atoms with Gasteiger partial charge in [-0.25, -0.2) is 9.59 Å². The van der Waals surface area contributed by atoms with E-state index in [-0.39, 0.29) is 23.5 Å². The van der Waals surface area contributed by atoms with Gasteiger partial charge < -0.3 is 30.6 Å². The average molecular weight is 649 g/mol. The summed E-state index contributed by atoms with van der Waals surface area (Å²) in [5.74, 6) is -3.23. The number of benzene rings is 5. The van der Waals surface area contributed by atoms with Crippen LogP contribution in [0.2, 0.25) is 0 Å². The number of fused-ring (bicyclic) bond motifs is 3. The fraction of sp³-hybridized carbons (Fsp3) is 0.256. The van der Waals surface area contributed by atoms with Gasteiger partial charge in [-0.15, -0.1) is 0 Å². The fourth-order valence-corrected chi connectivity index (χ4v) is 6.48. The number of phenols is 2. The highest BCUT2D eigenvalue weighted by molar-refractivity contribution is 6.02. The normalized spacial score (nSPS) is 12.1. The summed E-state index contributed by atoms with van der Waals surface area (Å²) in [5.41, 5.74) is 3.66. The number of carboxylic acids is 2. The quantitative estimate of drug-likeness (QED) is 0.101. The molecule has 5 aromatic carbocycles. The van der Waals surface area contributed by atoms with Gasteiger partial charge >= 0.3 is 11.9 Å². The molecule has 0 spiro atoms. The summed E-state index contributed by atoms with van der Waals surface area (Å²) in [6, 6.07) is 23.0. The highest BCUT2D eigenvalue weighted by Crippen LogP contribution is 2.38. The molecule has 5 aromatic rings. The van der Waals surface area contributed by atoms with E-state index in [0.29, 0.717) is 39.1 Å². The molecule has 0 bridgehead atoms. The van der Waals surface area contributed by atoms with Crippen LogP contribution in [0.1, 0.15) is 69.7 Å². The topological polar surface area (TPSA) is 147 Å². The van der Waals surface area contributed by atoms with Crippen molar-refractivity contribution in [2.75, 3.05) is 25.0 Å². The largest absolute Gasteiger partial charge is 0.507 e. The number of aromatic hydroxyl groups is 2. The van der Waals surface area contributed by atoms with E-state index >= 15 is 0 Å². The van der Waals surface area contributed by atoms with Crippen LogP contribution in [0.15, 0.2) is 78.9 Å². The lowest BCUT2D eigenvalue weighted by molar-refractivity contribution is -0.115. The SMILES string of the molecule is CCCN(CCC)CCc1cccc2c1CC(=O)N2.O=C(O)c1cc2ccccc2c(Cc2c(O)c(C(=O)O)cc3ccccc23)c1O. The van der Waals surface area contributed by atoms with Gasteiger partial charge in [0.1, 0.15) is 22.6 Å².